The number of esters is 1. The second kappa shape index (κ2) is 6.83. The molecule has 4 unspecified atom stereocenters. The van der Waals surface area contributed by atoms with Crippen LogP contribution in [0.1, 0.15) is 41.0 Å². The molecule has 0 fully saturated rings. The Morgan fingerprint density at radius 2 is 1.73 bits per heavy atom. The minimum atomic E-state index is -0.147. The van der Waals surface area contributed by atoms with Crippen LogP contribution in [0.5, 0.6) is 0 Å². The molecule has 0 aliphatic rings. The van der Waals surface area contributed by atoms with Gasteiger partial charge in [0.15, 0.2) is 0 Å². The highest BCUT2D eigenvalue weighted by molar-refractivity contribution is 5.72. The van der Waals surface area contributed by atoms with Gasteiger partial charge >= 0.3 is 5.97 Å². The van der Waals surface area contributed by atoms with E-state index in [9.17, 15) is 4.79 Å². The quantitative estimate of drug-likeness (QED) is 0.690. The Kier molecular flexibility index (Phi) is 6.57. The van der Waals surface area contributed by atoms with Gasteiger partial charge in [0.25, 0.3) is 0 Å². The van der Waals surface area contributed by atoms with Gasteiger partial charge in [0.05, 0.1) is 13.0 Å². The molecule has 3 heteroatoms. The van der Waals surface area contributed by atoms with Crippen LogP contribution in [0.2, 0.25) is 0 Å². The largest absolute Gasteiger partial charge is 0.469 e. The molecule has 4 atom stereocenters. The molecule has 0 heterocycles. The van der Waals surface area contributed by atoms with Gasteiger partial charge in [-0.1, -0.05) is 27.2 Å². The minimum Gasteiger partial charge on any atom is -0.469 e. The number of nitrogens with one attached hydrogen (secondary N) is 1. The molecule has 1 N–H and O–H groups in total. The fourth-order valence-corrected chi connectivity index (χ4v) is 1.47. The molecule has 0 radical (unpaired) electrons. The van der Waals surface area contributed by atoms with Gasteiger partial charge < -0.3 is 10.1 Å². The van der Waals surface area contributed by atoms with Crippen LogP contribution in [-0.4, -0.2) is 25.2 Å². The molecule has 0 aliphatic heterocycles. The highest BCUT2D eigenvalue weighted by Crippen LogP contribution is 2.11. The lowest BCUT2D eigenvalue weighted by molar-refractivity contribution is -0.145. The Bertz CT molecular complexity index is 194. The van der Waals surface area contributed by atoms with E-state index in [0.29, 0.717) is 12.0 Å². The molecule has 0 bridgehead atoms. The van der Waals surface area contributed by atoms with E-state index in [0.717, 1.165) is 6.42 Å². The lowest BCUT2D eigenvalue weighted by atomic mass is 9.97. The summed E-state index contributed by atoms with van der Waals surface area (Å²) in [7, 11) is 1.43. The highest BCUT2D eigenvalue weighted by atomic mass is 16.5. The third-order valence-electron chi connectivity index (χ3n) is 3.35. The van der Waals surface area contributed by atoms with Crippen molar-refractivity contribution in [2.24, 2.45) is 11.8 Å². The van der Waals surface area contributed by atoms with E-state index in [4.69, 9.17) is 4.74 Å². The zero-order valence-electron chi connectivity index (χ0n) is 10.8. The zero-order chi connectivity index (χ0) is 12.0. The average molecular weight is 215 g/mol. The predicted octanol–water partition coefficient (Wildman–Crippen LogP) is 2.21. The Balaban J connectivity index is 4.11. The molecular weight excluding hydrogens is 190 g/mol. The highest BCUT2D eigenvalue weighted by Gasteiger charge is 2.23. The van der Waals surface area contributed by atoms with Gasteiger partial charge in [-0.15, -0.1) is 0 Å². The first-order valence-corrected chi connectivity index (χ1v) is 5.77. The van der Waals surface area contributed by atoms with Crippen LogP contribution in [0.25, 0.3) is 0 Å². The Hall–Kier alpha value is -0.570. The van der Waals surface area contributed by atoms with Gasteiger partial charge in [0, 0.05) is 12.1 Å². The van der Waals surface area contributed by atoms with Gasteiger partial charge in [0.2, 0.25) is 0 Å². The molecule has 0 amide bonds. The maximum atomic E-state index is 11.3. The van der Waals surface area contributed by atoms with Gasteiger partial charge in [-0.05, 0) is 19.8 Å². The molecule has 0 rings (SSSR count). The summed E-state index contributed by atoms with van der Waals surface area (Å²) in [4.78, 5) is 11.3. The molecule has 0 aromatic carbocycles. The summed E-state index contributed by atoms with van der Waals surface area (Å²) in [5.41, 5.74) is 0. The lowest BCUT2D eigenvalue weighted by Crippen LogP contribution is -2.44. The van der Waals surface area contributed by atoms with Gasteiger partial charge in [0.1, 0.15) is 0 Å². The van der Waals surface area contributed by atoms with E-state index >= 15 is 0 Å². The summed E-state index contributed by atoms with van der Waals surface area (Å²) in [5.74, 6) is 0.380. The number of hydrogen-bond acceptors (Lipinski definition) is 3. The van der Waals surface area contributed by atoms with Crippen molar-refractivity contribution in [3.8, 4) is 0 Å². The standard InChI is InChI=1S/C12H25NO2/c1-7-8(2)10(4)13-11(5)9(3)12(14)15-6/h8-11,13H,7H2,1-6H3. The first-order valence-electron chi connectivity index (χ1n) is 5.77. The number of hydrogen-bond donors (Lipinski definition) is 1. The van der Waals surface area contributed by atoms with Gasteiger partial charge in [-0.25, -0.2) is 0 Å². The van der Waals surface area contributed by atoms with Crippen molar-refractivity contribution >= 4 is 5.97 Å². The number of carbonyl (C=O) groups is 1. The van der Waals surface area contributed by atoms with Crippen LogP contribution in [0, 0.1) is 11.8 Å². The number of methoxy groups -OCH3 is 1. The third kappa shape index (κ3) is 4.65. The van der Waals surface area contributed by atoms with E-state index in [1.807, 2.05) is 13.8 Å². The van der Waals surface area contributed by atoms with Gasteiger partial charge in [-0.3, -0.25) is 4.79 Å². The summed E-state index contributed by atoms with van der Waals surface area (Å²) >= 11 is 0. The molecule has 0 saturated heterocycles. The van der Waals surface area contributed by atoms with Crippen molar-refractivity contribution in [1.29, 1.82) is 0 Å². The lowest BCUT2D eigenvalue weighted by Gasteiger charge is -2.27. The number of rotatable bonds is 6. The molecule has 0 aromatic heterocycles. The summed E-state index contributed by atoms with van der Waals surface area (Å²) in [5, 5.41) is 3.44. The number of carbonyl (C=O) groups excluding carboxylic acids is 1. The van der Waals surface area contributed by atoms with Crippen LogP contribution in [-0.2, 0) is 9.53 Å². The van der Waals surface area contributed by atoms with Crippen LogP contribution in [0.4, 0.5) is 0 Å². The maximum Gasteiger partial charge on any atom is 0.309 e. The second-order valence-corrected chi connectivity index (χ2v) is 4.44. The van der Waals surface area contributed by atoms with Crippen molar-refractivity contribution in [3.05, 3.63) is 0 Å². The van der Waals surface area contributed by atoms with Crippen molar-refractivity contribution in [1.82, 2.24) is 5.32 Å². The summed E-state index contributed by atoms with van der Waals surface area (Å²) in [6.45, 7) is 10.5. The molecule has 0 spiro atoms. The van der Waals surface area contributed by atoms with Crippen molar-refractivity contribution in [3.63, 3.8) is 0 Å². The minimum absolute atomic E-state index is 0.0958. The molecular formula is C12H25NO2. The van der Waals surface area contributed by atoms with E-state index in [2.05, 4.69) is 26.1 Å². The van der Waals surface area contributed by atoms with Crippen LogP contribution in [0.3, 0.4) is 0 Å². The van der Waals surface area contributed by atoms with Crippen LogP contribution in [0.15, 0.2) is 0 Å². The molecule has 0 aromatic rings. The normalized spacial score (nSPS) is 19.1. The SMILES string of the molecule is CCC(C)C(C)NC(C)C(C)C(=O)OC. The topological polar surface area (TPSA) is 38.3 Å². The van der Waals surface area contributed by atoms with Crippen LogP contribution >= 0.6 is 0 Å². The fourth-order valence-electron chi connectivity index (χ4n) is 1.47. The Morgan fingerprint density at radius 1 is 1.20 bits per heavy atom. The summed E-state index contributed by atoms with van der Waals surface area (Å²) in [6.07, 6.45) is 1.15. The van der Waals surface area contributed by atoms with E-state index in [1.165, 1.54) is 7.11 Å². The first-order chi connectivity index (χ1) is 6.93. The zero-order valence-corrected chi connectivity index (χ0v) is 10.8. The third-order valence-corrected chi connectivity index (χ3v) is 3.35. The van der Waals surface area contributed by atoms with Crippen molar-refractivity contribution in [2.75, 3.05) is 7.11 Å². The van der Waals surface area contributed by atoms with E-state index in [1.54, 1.807) is 0 Å². The van der Waals surface area contributed by atoms with Gasteiger partial charge in [-0.2, -0.15) is 0 Å². The predicted molar refractivity (Wildman–Crippen MR) is 62.7 cm³/mol. The molecule has 15 heavy (non-hydrogen) atoms. The van der Waals surface area contributed by atoms with Crippen molar-refractivity contribution in [2.45, 2.75) is 53.1 Å². The van der Waals surface area contributed by atoms with E-state index in [-0.39, 0.29) is 17.9 Å². The number of ether oxygens (including phenoxy) is 1. The van der Waals surface area contributed by atoms with Crippen molar-refractivity contribution < 1.29 is 9.53 Å². The molecule has 90 valence electrons. The monoisotopic (exact) mass is 215 g/mol. The Labute approximate surface area is 93.6 Å². The summed E-state index contributed by atoms with van der Waals surface area (Å²) < 4.78 is 4.72. The molecule has 0 aliphatic carbocycles. The summed E-state index contributed by atoms with van der Waals surface area (Å²) in [6, 6.07) is 0.582. The first kappa shape index (κ1) is 14.4. The van der Waals surface area contributed by atoms with Crippen LogP contribution < -0.4 is 5.32 Å². The molecule has 3 nitrogen and oxygen atoms in total. The molecule has 0 saturated carbocycles. The fraction of sp³-hybridized carbons (Fsp3) is 0.917. The average Bonchev–Trinajstić information content (AvgIpc) is 2.25. The second-order valence-electron chi connectivity index (χ2n) is 4.44. The van der Waals surface area contributed by atoms with E-state index < -0.39 is 0 Å². The smallest absolute Gasteiger partial charge is 0.309 e. The Morgan fingerprint density at radius 3 is 2.13 bits per heavy atom. The maximum absolute atomic E-state index is 11.3.